The average molecular weight is 342 g/mol. The summed E-state index contributed by atoms with van der Waals surface area (Å²) in [4.78, 5) is 14.3. The zero-order valence-corrected chi connectivity index (χ0v) is 13.9. The van der Waals surface area contributed by atoms with Crippen molar-refractivity contribution in [3.05, 3.63) is 77.2 Å². The normalized spacial score (nSPS) is 13.9. The highest BCUT2D eigenvalue weighted by atomic mass is 32.2. The molecule has 1 aliphatic rings. The lowest BCUT2D eigenvalue weighted by molar-refractivity contribution is 0.0735. The average Bonchev–Trinajstić information content (AvgIpc) is 2.61. The van der Waals surface area contributed by atoms with E-state index in [-0.39, 0.29) is 5.91 Å². The van der Waals surface area contributed by atoms with Crippen LogP contribution in [0, 0.1) is 0 Å². The van der Waals surface area contributed by atoms with Gasteiger partial charge in [0.05, 0.1) is 0 Å². The number of hydrogen-bond donors (Lipinski definition) is 1. The summed E-state index contributed by atoms with van der Waals surface area (Å²) in [5.41, 5.74) is 3.27. The van der Waals surface area contributed by atoms with Crippen LogP contribution in [-0.4, -0.2) is 25.8 Å². The first-order valence-electron chi connectivity index (χ1n) is 7.60. The molecule has 3 rings (SSSR count). The van der Waals surface area contributed by atoms with Crippen molar-refractivity contribution in [2.24, 2.45) is 0 Å². The third-order valence-electron chi connectivity index (χ3n) is 4.01. The molecule has 1 amide bonds. The minimum atomic E-state index is -3.51. The number of benzene rings is 2. The molecule has 1 N–H and O–H groups in total. The van der Waals surface area contributed by atoms with Crippen LogP contribution in [0.3, 0.4) is 0 Å². The van der Waals surface area contributed by atoms with Crippen LogP contribution >= 0.6 is 0 Å². The van der Waals surface area contributed by atoms with E-state index >= 15 is 0 Å². The summed E-state index contributed by atoms with van der Waals surface area (Å²) in [5.74, 6) is 0.0117. The number of nitrogens with zero attached hydrogens (tertiary/aromatic N) is 1. The summed E-state index contributed by atoms with van der Waals surface area (Å²) in [7, 11) is -3.51. The van der Waals surface area contributed by atoms with Gasteiger partial charge in [-0.1, -0.05) is 30.8 Å². The first kappa shape index (κ1) is 16.3. The van der Waals surface area contributed by atoms with E-state index in [1.165, 1.54) is 0 Å². The van der Waals surface area contributed by atoms with Gasteiger partial charge >= 0.3 is 0 Å². The maximum absolute atomic E-state index is 12.5. The van der Waals surface area contributed by atoms with E-state index in [0.717, 1.165) is 16.5 Å². The molecule has 0 fully saturated rings. The molecular weight excluding hydrogens is 324 g/mol. The molecule has 6 heteroatoms. The molecule has 0 saturated heterocycles. The van der Waals surface area contributed by atoms with Gasteiger partial charge in [-0.15, -0.1) is 0 Å². The third kappa shape index (κ3) is 3.49. The Morgan fingerprint density at radius 3 is 2.58 bits per heavy atom. The van der Waals surface area contributed by atoms with E-state index in [4.69, 9.17) is 0 Å². The van der Waals surface area contributed by atoms with Crippen molar-refractivity contribution in [2.75, 3.05) is 11.3 Å². The van der Waals surface area contributed by atoms with Gasteiger partial charge in [0.25, 0.3) is 15.9 Å². The van der Waals surface area contributed by atoms with Crippen LogP contribution < -0.4 is 4.72 Å². The fourth-order valence-electron chi connectivity index (χ4n) is 2.76. The SMILES string of the molecule is C=CS(=O)(=O)Nc1ccc2c(c1)CCN(C(=O)c1ccccc1)C2. The molecule has 0 saturated carbocycles. The lowest BCUT2D eigenvalue weighted by atomic mass is 9.98. The molecule has 124 valence electrons. The van der Waals surface area contributed by atoms with Gasteiger partial charge in [-0.3, -0.25) is 9.52 Å². The van der Waals surface area contributed by atoms with Crippen molar-refractivity contribution in [3.63, 3.8) is 0 Å². The number of nitrogens with one attached hydrogen (secondary N) is 1. The second kappa shape index (κ2) is 6.49. The second-order valence-electron chi connectivity index (χ2n) is 5.64. The maximum atomic E-state index is 12.5. The molecule has 5 nitrogen and oxygen atoms in total. The molecular formula is C18H18N2O3S. The highest BCUT2D eigenvalue weighted by molar-refractivity contribution is 7.95. The van der Waals surface area contributed by atoms with Gasteiger partial charge in [0.2, 0.25) is 0 Å². The Morgan fingerprint density at radius 1 is 1.12 bits per heavy atom. The van der Waals surface area contributed by atoms with Crippen molar-refractivity contribution in [3.8, 4) is 0 Å². The molecule has 0 spiro atoms. The molecule has 2 aromatic rings. The number of hydrogen-bond acceptors (Lipinski definition) is 3. The summed E-state index contributed by atoms with van der Waals surface area (Å²) in [5, 5.41) is 0.882. The van der Waals surface area contributed by atoms with E-state index in [2.05, 4.69) is 11.3 Å². The highest BCUT2D eigenvalue weighted by Crippen LogP contribution is 2.24. The number of amides is 1. The van der Waals surface area contributed by atoms with Crippen LogP contribution in [0.2, 0.25) is 0 Å². The Labute approximate surface area is 141 Å². The van der Waals surface area contributed by atoms with Crippen molar-refractivity contribution in [1.82, 2.24) is 4.90 Å². The predicted octanol–water partition coefficient (Wildman–Crippen LogP) is 2.77. The molecule has 2 aromatic carbocycles. The minimum absolute atomic E-state index is 0.0117. The minimum Gasteiger partial charge on any atom is -0.334 e. The molecule has 1 aliphatic heterocycles. The molecule has 0 aromatic heterocycles. The molecule has 0 bridgehead atoms. The Morgan fingerprint density at radius 2 is 1.88 bits per heavy atom. The van der Waals surface area contributed by atoms with E-state index in [1.807, 2.05) is 47.4 Å². The fraction of sp³-hybridized carbons (Fsp3) is 0.167. The molecule has 0 atom stereocenters. The smallest absolute Gasteiger partial charge is 0.254 e. The predicted molar refractivity (Wildman–Crippen MR) is 94.1 cm³/mol. The lowest BCUT2D eigenvalue weighted by Gasteiger charge is -2.29. The Bertz CT molecular complexity index is 876. The number of fused-ring (bicyclic) bond motifs is 1. The van der Waals surface area contributed by atoms with Crippen molar-refractivity contribution in [1.29, 1.82) is 0 Å². The lowest BCUT2D eigenvalue weighted by Crippen LogP contribution is -2.36. The largest absolute Gasteiger partial charge is 0.334 e. The number of carbonyl (C=O) groups excluding carboxylic acids is 1. The Hall–Kier alpha value is -2.60. The van der Waals surface area contributed by atoms with Crippen molar-refractivity contribution >= 4 is 21.6 Å². The number of sulfonamides is 1. The molecule has 1 heterocycles. The molecule has 0 radical (unpaired) electrons. The zero-order valence-electron chi connectivity index (χ0n) is 13.1. The number of carbonyl (C=O) groups is 1. The number of rotatable bonds is 4. The summed E-state index contributed by atoms with van der Waals surface area (Å²) in [6.45, 7) is 4.41. The number of anilines is 1. The van der Waals surface area contributed by atoms with Gasteiger partial charge in [0.1, 0.15) is 0 Å². The monoisotopic (exact) mass is 342 g/mol. The maximum Gasteiger partial charge on any atom is 0.254 e. The van der Waals surface area contributed by atoms with Gasteiger partial charge < -0.3 is 4.90 Å². The second-order valence-corrected chi connectivity index (χ2v) is 7.27. The van der Waals surface area contributed by atoms with Crippen LogP contribution in [0.25, 0.3) is 0 Å². The van der Waals surface area contributed by atoms with Gasteiger partial charge in [0.15, 0.2) is 0 Å². The van der Waals surface area contributed by atoms with Crippen LogP contribution in [0.4, 0.5) is 5.69 Å². The molecule has 0 unspecified atom stereocenters. The topological polar surface area (TPSA) is 66.5 Å². The Kier molecular flexibility index (Phi) is 4.40. The van der Waals surface area contributed by atoms with Gasteiger partial charge in [-0.05, 0) is 41.8 Å². The first-order chi connectivity index (χ1) is 11.5. The molecule has 24 heavy (non-hydrogen) atoms. The first-order valence-corrected chi connectivity index (χ1v) is 9.14. The Balaban J connectivity index is 1.77. The van der Waals surface area contributed by atoms with Crippen LogP contribution in [0.5, 0.6) is 0 Å². The van der Waals surface area contributed by atoms with Crippen LogP contribution in [0.1, 0.15) is 21.5 Å². The third-order valence-corrected chi connectivity index (χ3v) is 4.97. The fourth-order valence-corrected chi connectivity index (χ4v) is 3.30. The van der Waals surface area contributed by atoms with Crippen LogP contribution in [-0.2, 0) is 23.0 Å². The van der Waals surface area contributed by atoms with Crippen molar-refractivity contribution in [2.45, 2.75) is 13.0 Å². The summed E-state index contributed by atoms with van der Waals surface area (Å²) >= 11 is 0. The quantitative estimate of drug-likeness (QED) is 0.929. The molecule has 0 aliphatic carbocycles. The van der Waals surface area contributed by atoms with Crippen LogP contribution in [0.15, 0.2) is 60.5 Å². The summed E-state index contributed by atoms with van der Waals surface area (Å²) in [6, 6.07) is 14.6. The van der Waals surface area contributed by atoms with E-state index in [1.54, 1.807) is 6.07 Å². The highest BCUT2D eigenvalue weighted by Gasteiger charge is 2.22. The van der Waals surface area contributed by atoms with Gasteiger partial charge in [-0.25, -0.2) is 8.42 Å². The van der Waals surface area contributed by atoms with E-state index in [0.29, 0.717) is 30.8 Å². The standard InChI is InChI=1S/C18H18N2O3S/c1-2-24(22,23)19-17-9-8-16-13-20(11-10-15(16)12-17)18(21)14-6-4-3-5-7-14/h2-9,12,19H,1,10-11,13H2. The van der Waals surface area contributed by atoms with Crippen molar-refractivity contribution < 1.29 is 13.2 Å². The van der Waals surface area contributed by atoms with Gasteiger partial charge in [0, 0.05) is 29.7 Å². The van der Waals surface area contributed by atoms with E-state index < -0.39 is 10.0 Å². The van der Waals surface area contributed by atoms with E-state index in [9.17, 15) is 13.2 Å². The zero-order chi connectivity index (χ0) is 17.2. The summed E-state index contributed by atoms with van der Waals surface area (Å²) < 4.78 is 25.6. The van der Waals surface area contributed by atoms with Gasteiger partial charge in [-0.2, -0.15) is 0 Å². The summed E-state index contributed by atoms with van der Waals surface area (Å²) in [6.07, 6.45) is 0.692.